The van der Waals surface area contributed by atoms with Crippen molar-refractivity contribution in [3.8, 4) is 12.0 Å². The molecular weight excluding hydrogens is 240 g/mol. The van der Waals surface area contributed by atoms with Crippen LogP contribution in [-0.4, -0.2) is 47.8 Å². The predicted molar refractivity (Wildman–Crippen MR) is 62.6 cm³/mol. The van der Waals surface area contributed by atoms with Crippen molar-refractivity contribution < 1.29 is 19.0 Å². The lowest BCUT2D eigenvalue weighted by Crippen LogP contribution is -2.29. The minimum atomic E-state index is -0.582. The van der Waals surface area contributed by atoms with E-state index >= 15 is 0 Å². The van der Waals surface area contributed by atoms with Crippen molar-refractivity contribution in [3.05, 3.63) is 0 Å². The number of ether oxygens (including phenoxy) is 3. The monoisotopic (exact) mass is 256 g/mol. The van der Waals surface area contributed by atoms with E-state index in [1.165, 1.54) is 14.2 Å². The summed E-state index contributed by atoms with van der Waals surface area (Å²) >= 11 is 0. The third-order valence-corrected chi connectivity index (χ3v) is 1.95. The molecular formula is C10H16N4O4. The van der Waals surface area contributed by atoms with E-state index in [2.05, 4.69) is 20.3 Å². The maximum atomic E-state index is 11.4. The summed E-state index contributed by atoms with van der Waals surface area (Å²) in [5.41, 5.74) is 0. The van der Waals surface area contributed by atoms with Gasteiger partial charge in [0.05, 0.1) is 20.8 Å². The number of hydrogen-bond donors (Lipinski definition) is 1. The Labute approximate surface area is 105 Å². The molecule has 0 aromatic carbocycles. The molecule has 18 heavy (non-hydrogen) atoms. The Bertz CT molecular complexity index is 391. The molecule has 1 aromatic heterocycles. The lowest BCUT2D eigenvalue weighted by atomic mass is 10.3. The molecule has 100 valence electrons. The molecule has 0 aliphatic carbocycles. The number of hydrogen-bond acceptors (Lipinski definition) is 8. The second kappa shape index (κ2) is 6.58. The Balaban J connectivity index is 2.79. The molecule has 1 unspecified atom stereocenters. The summed E-state index contributed by atoms with van der Waals surface area (Å²) in [6.45, 7) is 3.69. The highest BCUT2D eigenvalue weighted by Crippen LogP contribution is 2.12. The van der Waals surface area contributed by atoms with Gasteiger partial charge in [-0.15, -0.1) is 4.98 Å². The van der Waals surface area contributed by atoms with Gasteiger partial charge in [0.1, 0.15) is 6.04 Å². The first-order valence-corrected chi connectivity index (χ1v) is 5.38. The van der Waals surface area contributed by atoms with Crippen LogP contribution in [0.25, 0.3) is 0 Å². The first-order valence-electron chi connectivity index (χ1n) is 5.38. The maximum absolute atomic E-state index is 11.4. The number of esters is 1. The van der Waals surface area contributed by atoms with Crippen molar-refractivity contribution >= 4 is 11.9 Å². The predicted octanol–water partition coefficient (Wildman–Crippen LogP) is 0.252. The van der Waals surface area contributed by atoms with Crippen LogP contribution >= 0.6 is 0 Å². The van der Waals surface area contributed by atoms with Gasteiger partial charge < -0.3 is 19.5 Å². The quantitative estimate of drug-likeness (QED) is 0.724. The molecule has 8 heteroatoms. The Kier molecular flexibility index (Phi) is 5.09. The molecule has 0 aliphatic heterocycles. The van der Waals surface area contributed by atoms with Crippen molar-refractivity contribution in [2.75, 3.05) is 26.1 Å². The molecule has 0 aliphatic rings. The number of anilines is 1. The van der Waals surface area contributed by atoms with E-state index in [4.69, 9.17) is 14.2 Å². The Morgan fingerprint density at radius 2 is 1.78 bits per heavy atom. The van der Waals surface area contributed by atoms with E-state index in [9.17, 15) is 4.79 Å². The number of carbonyl (C=O) groups is 1. The Hall–Kier alpha value is -2.12. The second-order valence-electron chi connectivity index (χ2n) is 3.25. The Morgan fingerprint density at radius 3 is 2.22 bits per heavy atom. The van der Waals surface area contributed by atoms with E-state index in [1.54, 1.807) is 13.8 Å². The summed E-state index contributed by atoms with van der Waals surface area (Å²) < 4.78 is 14.6. The highest BCUT2D eigenvalue weighted by Gasteiger charge is 2.16. The van der Waals surface area contributed by atoms with Gasteiger partial charge >= 0.3 is 18.0 Å². The molecule has 0 bridgehead atoms. The van der Waals surface area contributed by atoms with Crippen molar-refractivity contribution in [1.29, 1.82) is 0 Å². The van der Waals surface area contributed by atoms with Gasteiger partial charge in [-0.3, -0.25) is 0 Å². The lowest BCUT2D eigenvalue weighted by molar-refractivity contribution is -0.143. The molecule has 0 fully saturated rings. The lowest BCUT2D eigenvalue weighted by Gasteiger charge is -2.12. The number of rotatable bonds is 6. The molecule has 0 saturated heterocycles. The van der Waals surface area contributed by atoms with E-state index < -0.39 is 12.0 Å². The van der Waals surface area contributed by atoms with Crippen molar-refractivity contribution in [2.45, 2.75) is 19.9 Å². The third-order valence-electron chi connectivity index (χ3n) is 1.95. The first kappa shape index (κ1) is 13.9. The fourth-order valence-corrected chi connectivity index (χ4v) is 1.10. The topological polar surface area (TPSA) is 95.5 Å². The fraction of sp³-hybridized carbons (Fsp3) is 0.600. The van der Waals surface area contributed by atoms with Crippen LogP contribution in [0.1, 0.15) is 13.8 Å². The molecule has 0 amide bonds. The number of nitrogens with zero attached hydrogens (tertiary/aromatic N) is 3. The van der Waals surface area contributed by atoms with Crippen LogP contribution in [0, 0.1) is 0 Å². The molecule has 0 spiro atoms. The van der Waals surface area contributed by atoms with Crippen LogP contribution in [0.2, 0.25) is 0 Å². The number of carbonyl (C=O) groups excluding carboxylic acids is 1. The van der Waals surface area contributed by atoms with Crippen LogP contribution < -0.4 is 14.8 Å². The summed E-state index contributed by atoms with van der Waals surface area (Å²) in [5, 5.41) is 2.78. The molecule has 8 nitrogen and oxygen atoms in total. The van der Waals surface area contributed by atoms with Crippen LogP contribution in [0.4, 0.5) is 5.95 Å². The molecule has 1 heterocycles. The van der Waals surface area contributed by atoms with Gasteiger partial charge in [0.15, 0.2) is 0 Å². The molecule has 1 rings (SSSR count). The van der Waals surface area contributed by atoms with Crippen molar-refractivity contribution in [1.82, 2.24) is 15.0 Å². The van der Waals surface area contributed by atoms with Gasteiger partial charge in [-0.2, -0.15) is 9.97 Å². The maximum Gasteiger partial charge on any atom is 0.328 e. The minimum Gasteiger partial charge on any atom is -0.467 e. The van der Waals surface area contributed by atoms with E-state index in [0.29, 0.717) is 6.61 Å². The summed E-state index contributed by atoms with van der Waals surface area (Å²) in [4.78, 5) is 23.2. The molecule has 1 N–H and O–H groups in total. The summed E-state index contributed by atoms with van der Waals surface area (Å²) in [5.74, 6) is -0.213. The van der Waals surface area contributed by atoms with Crippen molar-refractivity contribution in [2.24, 2.45) is 0 Å². The standard InChI is InChI=1S/C10H16N4O4/c1-5-18-7(15)6(2)11-8-12-9(16-3)14-10(13-8)17-4/h6H,5H2,1-4H3,(H,11,12,13,14). The molecule has 0 radical (unpaired) electrons. The third kappa shape index (κ3) is 3.72. The molecule has 1 atom stereocenters. The van der Waals surface area contributed by atoms with Gasteiger partial charge in [0.25, 0.3) is 0 Å². The van der Waals surface area contributed by atoms with Crippen LogP contribution in [0.3, 0.4) is 0 Å². The van der Waals surface area contributed by atoms with E-state index in [0.717, 1.165) is 0 Å². The van der Waals surface area contributed by atoms with Crippen LogP contribution in [0.5, 0.6) is 12.0 Å². The fourth-order valence-electron chi connectivity index (χ4n) is 1.10. The average Bonchev–Trinajstić information content (AvgIpc) is 2.38. The van der Waals surface area contributed by atoms with Gasteiger partial charge in [-0.25, -0.2) is 4.79 Å². The van der Waals surface area contributed by atoms with Gasteiger partial charge in [0.2, 0.25) is 5.95 Å². The summed E-state index contributed by atoms with van der Waals surface area (Å²) in [6.07, 6.45) is 0. The van der Waals surface area contributed by atoms with Gasteiger partial charge in [0, 0.05) is 0 Å². The zero-order chi connectivity index (χ0) is 13.5. The average molecular weight is 256 g/mol. The summed E-state index contributed by atoms with van der Waals surface area (Å²) in [6, 6.07) is -0.387. The minimum absolute atomic E-state index is 0.0976. The molecule has 1 aromatic rings. The highest BCUT2D eigenvalue weighted by atomic mass is 16.5. The normalized spacial score (nSPS) is 11.6. The molecule has 0 saturated carbocycles. The summed E-state index contributed by atoms with van der Waals surface area (Å²) in [7, 11) is 2.85. The SMILES string of the molecule is CCOC(=O)C(C)Nc1nc(OC)nc(OC)n1. The highest BCUT2D eigenvalue weighted by molar-refractivity contribution is 5.78. The van der Waals surface area contributed by atoms with E-state index in [-0.39, 0.29) is 18.0 Å². The van der Waals surface area contributed by atoms with Crippen LogP contribution in [0.15, 0.2) is 0 Å². The van der Waals surface area contributed by atoms with Gasteiger partial charge in [-0.1, -0.05) is 0 Å². The number of methoxy groups -OCH3 is 2. The first-order chi connectivity index (χ1) is 8.60. The van der Waals surface area contributed by atoms with E-state index in [1.807, 2.05) is 0 Å². The van der Waals surface area contributed by atoms with Gasteiger partial charge in [-0.05, 0) is 13.8 Å². The van der Waals surface area contributed by atoms with Crippen LogP contribution in [-0.2, 0) is 9.53 Å². The number of nitrogens with one attached hydrogen (secondary N) is 1. The number of aromatic nitrogens is 3. The Morgan fingerprint density at radius 1 is 1.22 bits per heavy atom. The zero-order valence-corrected chi connectivity index (χ0v) is 10.8. The smallest absolute Gasteiger partial charge is 0.328 e. The zero-order valence-electron chi connectivity index (χ0n) is 10.8. The van der Waals surface area contributed by atoms with Crippen molar-refractivity contribution in [3.63, 3.8) is 0 Å². The largest absolute Gasteiger partial charge is 0.467 e. The second-order valence-corrected chi connectivity index (χ2v) is 3.25.